The maximum Gasteiger partial charge on any atom is 0.251 e. The van der Waals surface area contributed by atoms with Gasteiger partial charge in [-0.05, 0) is 53.8 Å². The molecule has 0 unspecified atom stereocenters. The average Bonchev–Trinajstić information content (AvgIpc) is 2.64. The molecule has 26 heavy (non-hydrogen) atoms. The minimum Gasteiger partial charge on any atom is -0.348 e. The first-order valence-electron chi connectivity index (χ1n) is 8.69. The van der Waals surface area contributed by atoms with Crippen LogP contribution < -0.4 is 9.62 Å². The molecule has 0 aliphatic rings. The smallest absolute Gasteiger partial charge is 0.251 e. The minimum absolute atomic E-state index is 0.178. The maximum atomic E-state index is 12.4. The van der Waals surface area contributed by atoms with Gasteiger partial charge in [-0.1, -0.05) is 32.0 Å². The topological polar surface area (TPSA) is 66.5 Å². The third-order valence-corrected chi connectivity index (χ3v) is 5.70. The fourth-order valence-corrected chi connectivity index (χ4v) is 3.21. The second-order valence-electron chi connectivity index (χ2n) is 6.27. The van der Waals surface area contributed by atoms with E-state index in [-0.39, 0.29) is 5.91 Å². The van der Waals surface area contributed by atoms with E-state index in [1.54, 1.807) is 24.3 Å². The van der Waals surface area contributed by atoms with Crippen molar-refractivity contribution in [3.8, 4) is 0 Å². The molecule has 0 aliphatic carbocycles. The zero-order valence-electron chi connectivity index (χ0n) is 15.7. The standard InChI is InChI=1S/C20H26N2O3S/c1-5-15-7-8-16(6-2)18(13-15)14-21-20(23)17-9-11-19(12-10-17)22(3)26(4,24)25/h7-13H,5-6,14H2,1-4H3,(H,21,23). The number of carbonyl (C=O) groups excluding carboxylic acids is 1. The number of aryl methyl sites for hydroxylation is 2. The van der Waals surface area contributed by atoms with Crippen molar-refractivity contribution < 1.29 is 13.2 Å². The van der Waals surface area contributed by atoms with Gasteiger partial charge in [-0.3, -0.25) is 9.10 Å². The van der Waals surface area contributed by atoms with Gasteiger partial charge in [0.25, 0.3) is 5.91 Å². The Balaban J connectivity index is 2.09. The van der Waals surface area contributed by atoms with Crippen molar-refractivity contribution >= 4 is 21.6 Å². The van der Waals surface area contributed by atoms with E-state index >= 15 is 0 Å². The fraction of sp³-hybridized carbons (Fsp3) is 0.350. The van der Waals surface area contributed by atoms with Crippen LogP contribution in [0.4, 0.5) is 5.69 Å². The molecule has 0 fully saturated rings. The number of nitrogens with one attached hydrogen (secondary N) is 1. The van der Waals surface area contributed by atoms with E-state index in [0.717, 1.165) is 24.7 Å². The van der Waals surface area contributed by atoms with Gasteiger partial charge in [-0.15, -0.1) is 0 Å². The summed E-state index contributed by atoms with van der Waals surface area (Å²) in [4.78, 5) is 12.4. The molecule has 0 bridgehead atoms. The molecule has 0 aliphatic heterocycles. The second-order valence-corrected chi connectivity index (χ2v) is 8.28. The lowest BCUT2D eigenvalue weighted by Crippen LogP contribution is -2.25. The molecule has 5 nitrogen and oxygen atoms in total. The SMILES string of the molecule is CCc1ccc(CC)c(CNC(=O)c2ccc(N(C)S(C)(=O)=O)cc2)c1. The van der Waals surface area contributed by atoms with Crippen LogP contribution in [0.1, 0.15) is 40.9 Å². The van der Waals surface area contributed by atoms with Gasteiger partial charge in [0.15, 0.2) is 0 Å². The largest absolute Gasteiger partial charge is 0.348 e. The Hall–Kier alpha value is -2.34. The van der Waals surface area contributed by atoms with Gasteiger partial charge in [-0.2, -0.15) is 0 Å². The van der Waals surface area contributed by atoms with Crippen LogP contribution in [-0.4, -0.2) is 27.6 Å². The van der Waals surface area contributed by atoms with Crippen LogP contribution in [0.15, 0.2) is 42.5 Å². The zero-order chi connectivity index (χ0) is 19.3. The number of hydrogen-bond donors (Lipinski definition) is 1. The van der Waals surface area contributed by atoms with Crippen molar-refractivity contribution in [2.75, 3.05) is 17.6 Å². The van der Waals surface area contributed by atoms with Gasteiger partial charge in [-0.25, -0.2) is 8.42 Å². The summed E-state index contributed by atoms with van der Waals surface area (Å²) in [6.07, 6.45) is 3.02. The van der Waals surface area contributed by atoms with Crippen molar-refractivity contribution in [2.24, 2.45) is 0 Å². The number of carbonyl (C=O) groups is 1. The highest BCUT2D eigenvalue weighted by Crippen LogP contribution is 2.17. The van der Waals surface area contributed by atoms with Crippen LogP contribution in [-0.2, 0) is 29.4 Å². The molecule has 2 rings (SSSR count). The molecule has 0 atom stereocenters. The molecule has 0 saturated carbocycles. The van der Waals surface area contributed by atoms with Crippen molar-refractivity contribution in [2.45, 2.75) is 33.2 Å². The molecule has 0 saturated heterocycles. The number of rotatable bonds is 7. The number of sulfonamides is 1. The average molecular weight is 375 g/mol. The first-order chi connectivity index (χ1) is 12.3. The van der Waals surface area contributed by atoms with Gasteiger partial charge in [0.2, 0.25) is 10.0 Å². The Morgan fingerprint density at radius 3 is 2.19 bits per heavy atom. The lowest BCUT2D eigenvalue weighted by atomic mass is 10.0. The molecule has 140 valence electrons. The molecule has 0 spiro atoms. The number of nitrogens with zero attached hydrogens (tertiary/aromatic N) is 1. The quantitative estimate of drug-likeness (QED) is 0.810. The van der Waals surface area contributed by atoms with Crippen LogP contribution in [0.3, 0.4) is 0 Å². The number of anilines is 1. The van der Waals surface area contributed by atoms with Gasteiger partial charge in [0.05, 0.1) is 11.9 Å². The van der Waals surface area contributed by atoms with E-state index in [4.69, 9.17) is 0 Å². The van der Waals surface area contributed by atoms with Crippen molar-refractivity contribution in [1.82, 2.24) is 5.32 Å². The van der Waals surface area contributed by atoms with E-state index in [1.165, 1.54) is 22.5 Å². The fourth-order valence-electron chi connectivity index (χ4n) is 2.70. The molecule has 0 aromatic heterocycles. The predicted molar refractivity (Wildman–Crippen MR) is 106 cm³/mol. The summed E-state index contributed by atoms with van der Waals surface area (Å²) in [6, 6.07) is 12.9. The van der Waals surface area contributed by atoms with Gasteiger partial charge in [0, 0.05) is 19.2 Å². The van der Waals surface area contributed by atoms with Gasteiger partial charge in [0.1, 0.15) is 0 Å². The third-order valence-electron chi connectivity index (χ3n) is 4.49. The van der Waals surface area contributed by atoms with E-state index in [9.17, 15) is 13.2 Å². The Morgan fingerprint density at radius 2 is 1.65 bits per heavy atom. The Bertz CT molecular complexity index is 874. The first kappa shape index (κ1) is 20.0. The summed E-state index contributed by atoms with van der Waals surface area (Å²) in [7, 11) is -1.83. The van der Waals surface area contributed by atoms with Crippen LogP contribution in [0.5, 0.6) is 0 Å². The van der Waals surface area contributed by atoms with E-state index in [0.29, 0.717) is 17.8 Å². The van der Waals surface area contributed by atoms with E-state index < -0.39 is 10.0 Å². The van der Waals surface area contributed by atoms with Crippen LogP contribution in [0, 0.1) is 0 Å². The number of benzene rings is 2. The minimum atomic E-state index is -3.32. The summed E-state index contributed by atoms with van der Waals surface area (Å²) in [5.74, 6) is -0.178. The predicted octanol–water partition coefficient (Wildman–Crippen LogP) is 3.14. The lowest BCUT2D eigenvalue weighted by molar-refractivity contribution is 0.0951. The summed E-state index contributed by atoms with van der Waals surface area (Å²) in [5, 5.41) is 2.95. The van der Waals surface area contributed by atoms with Gasteiger partial charge >= 0.3 is 0 Å². The van der Waals surface area contributed by atoms with Crippen LogP contribution in [0.2, 0.25) is 0 Å². The molecular weight excluding hydrogens is 348 g/mol. The summed E-state index contributed by atoms with van der Waals surface area (Å²) in [5.41, 5.74) is 4.63. The molecule has 1 N–H and O–H groups in total. The maximum absolute atomic E-state index is 12.4. The Morgan fingerprint density at radius 1 is 1.00 bits per heavy atom. The highest BCUT2D eigenvalue weighted by atomic mass is 32.2. The molecular formula is C20H26N2O3S. The molecule has 1 amide bonds. The van der Waals surface area contributed by atoms with Crippen molar-refractivity contribution in [1.29, 1.82) is 0 Å². The van der Waals surface area contributed by atoms with Crippen molar-refractivity contribution in [3.05, 3.63) is 64.7 Å². The molecule has 2 aromatic carbocycles. The van der Waals surface area contributed by atoms with Gasteiger partial charge < -0.3 is 5.32 Å². The molecule has 0 heterocycles. The lowest BCUT2D eigenvalue weighted by Gasteiger charge is -2.16. The Labute approximate surface area is 156 Å². The number of hydrogen-bond acceptors (Lipinski definition) is 3. The van der Waals surface area contributed by atoms with Crippen LogP contribution >= 0.6 is 0 Å². The summed E-state index contributed by atoms with van der Waals surface area (Å²) < 4.78 is 24.3. The molecule has 6 heteroatoms. The van der Waals surface area contributed by atoms with Crippen LogP contribution in [0.25, 0.3) is 0 Å². The Kier molecular flexibility index (Phi) is 6.42. The highest BCUT2D eigenvalue weighted by molar-refractivity contribution is 7.92. The monoisotopic (exact) mass is 374 g/mol. The zero-order valence-corrected chi connectivity index (χ0v) is 16.6. The summed E-state index contributed by atoms with van der Waals surface area (Å²) in [6.45, 7) is 4.68. The second kappa shape index (κ2) is 8.36. The third kappa shape index (κ3) is 4.85. The molecule has 2 aromatic rings. The van der Waals surface area contributed by atoms with Crippen molar-refractivity contribution in [3.63, 3.8) is 0 Å². The highest BCUT2D eigenvalue weighted by Gasteiger charge is 2.13. The first-order valence-corrected chi connectivity index (χ1v) is 10.5. The normalized spacial score (nSPS) is 11.2. The number of amides is 1. The summed E-state index contributed by atoms with van der Waals surface area (Å²) >= 11 is 0. The van der Waals surface area contributed by atoms with E-state index in [2.05, 4.69) is 37.4 Å². The van der Waals surface area contributed by atoms with E-state index in [1.807, 2.05) is 0 Å². The molecule has 0 radical (unpaired) electrons.